The average molecular weight is 502 g/mol. The van der Waals surface area contributed by atoms with Gasteiger partial charge in [0.2, 0.25) is 0 Å². The zero-order valence-corrected chi connectivity index (χ0v) is 22.7. The largest absolute Gasteiger partial charge is 0.399 e. The Hall–Kier alpha value is -2.21. The van der Waals surface area contributed by atoms with Gasteiger partial charge in [0.25, 0.3) is 0 Å². The van der Waals surface area contributed by atoms with E-state index in [2.05, 4.69) is 132 Å². The van der Waals surface area contributed by atoms with Gasteiger partial charge in [-0.15, -0.1) is 0 Å². The summed E-state index contributed by atoms with van der Waals surface area (Å²) in [4.78, 5) is 0. The fourth-order valence-electron chi connectivity index (χ4n) is 6.24. The lowest BCUT2D eigenvalue weighted by Gasteiger charge is -2.36. The van der Waals surface area contributed by atoms with Gasteiger partial charge in [0, 0.05) is 24.2 Å². The van der Waals surface area contributed by atoms with Crippen LogP contribution in [-0.4, -0.2) is 37.6 Å². The minimum atomic E-state index is -2.21. The van der Waals surface area contributed by atoms with E-state index >= 15 is 0 Å². The Morgan fingerprint density at radius 2 is 0.861 bits per heavy atom. The SMILES string of the molecule is [B][P+]1(c2ccccc2)c2ccccc2[C@@H](C)N1CCN1[C@H](C)c2ccccc2[P+]1([B])c1ccccc1. The summed E-state index contributed by atoms with van der Waals surface area (Å²) in [5.41, 5.74) is 2.71. The highest BCUT2D eigenvalue weighted by Crippen LogP contribution is 2.66. The summed E-state index contributed by atoms with van der Waals surface area (Å²) in [7, 11) is 10.6. The van der Waals surface area contributed by atoms with Gasteiger partial charge in [-0.2, -0.15) is 9.34 Å². The van der Waals surface area contributed by atoms with E-state index < -0.39 is 14.6 Å². The molecule has 4 radical (unpaired) electrons. The molecule has 2 heterocycles. The van der Waals surface area contributed by atoms with Crippen LogP contribution >= 0.6 is 14.6 Å². The molecule has 2 aliphatic rings. The van der Waals surface area contributed by atoms with Crippen molar-refractivity contribution in [2.45, 2.75) is 25.9 Å². The predicted octanol–water partition coefficient (Wildman–Crippen LogP) is 5.07. The summed E-state index contributed by atoms with van der Waals surface area (Å²) < 4.78 is 5.16. The van der Waals surface area contributed by atoms with E-state index in [1.54, 1.807) is 0 Å². The molecule has 6 heteroatoms. The average Bonchev–Trinajstić information content (AvgIpc) is 3.29. The minimum Gasteiger partial charge on any atom is -0.179 e. The first-order valence-electron chi connectivity index (χ1n) is 12.7. The molecule has 4 aromatic carbocycles. The molecule has 0 spiro atoms. The maximum Gasteiger partial charge on any atom is 0.399 e. The molecular weight excluding hydrogens is 472 g/mol. The van der Waals surface area contributed by atoms with Gasteiger partial charge in [-0.05, 0) is 50.2 Å². The molecule has 0 saturated carbocycles. The van der Waals surface area contributed by atoms with E-state index in [-0.39, 0.29) is 12.1 Å². The van der Waals surface area contributed by atoms with Crippen LogP contribution in [-0.2, 0) is 0 Å². The van der Waals surface area contributed by atoms with Crippen molar-refractivity contribution in [2.24, 2.45) is 0 Å². The molecule has 4 aromatic rings. The van der Waals surface area contributed by atoms with E-state index in [1.807, 2.05) is 0 Å². The molecule has 2 nitrogen and oxygen atoms in total. The van der Waals surface area contributed by atoms with Gasteiger partial charge >= 0.3 is 15.1 Å². The quantitative estimate of drug-likeness (QED) is 0.278. The predicted molar refractivity (Wildman–Crippen MR) is 160 cm³/mol. The number of fused-ring (bicyclic) bond motifs is 2. The van der Waals surface area contributed by atoms with E-state index in [4.69, 9.17) is 15.1 Å². The van der Waals surface area contributed by atoms with Crippen LogP contribution in [0.4, 0.5) is 0 Å². The van der Waals surface area contributed by atoms with E-state index in [0.29, 0.717) is 0 Å². The van der Waals surface area contributed by atoms with Gasteiger partial charge in [0.15, 0.2) is 0 Å². The lowest BCUT2D eigenvalue weighted by atomic mass is 10.1. The molecule has 0 aliphatic carbocycles. The second kappa shape index (κ2) is 9.27. The van der Waals surface area contributed by atoms with Crippen molar-refractivity contribution in [3.8, 4) is 0 Å². The van der Waals surface area contributed by atoms with Gasteiger partial charge in [-0.3, -0.25) is 0 Å². The maximum atomic E-state index is 7.51. The molecule has 0 N–H and O–H groups in total. The fourth-order valence-corrected chi connectivity index (χ4v) is 13.3. The van der Waals surface area contributed by atoms with Crippen LogP contribution in [0.1, 0.15) is 37.1 Å². The standard InChI is InChI=1S/C30H30B2N2P2/c1-23-27-17-9-11-19-29(27)35(31,25-13-5-3-6-14-25)33(23)21-22-34-24(2)28-18-10-12-20-30(28)36(34,32)26-15-7-4-8-16-26/h3-20,23-24H,21-22H2,1-2H3/q+2/t23-,24-,35?,36?/m1/s1. The van der Waals surface area contributed by atoms with Crippen LogP contribution in [0.2, 0.25) is 0 Å². The smallest absolute Gasteiger partial charge is 0.179 e. The van der Waals surface area contributed by atoms with Crippen LogP contribution in [0.5, 0.6) is 0 Å². The first-order valence-corrected chi connectivity index (χ1v) is 16.3. The van der Waals surface area contributed by atoms with Crippen LogP contribution in [0, 0.1) is 0 Å². The monoisotopic (exact) mass is 502 g/mol. The first-order chi connectivity index (χ1) is 17.5. The van der Waals surface area contributed by atoms with Crippen LogP contribution in [0.15, 0.2) is 109 Å². The number of nitrogens with zero attached hydrogens (tertiary/aromatic N) is 2. The van der Waals surface area contributed by atoms with Crippen molar-refractivity contribution in [2.75, 3.05) is 13.1 Å². The molecule has 36 heavy (non-hydrogen) atoms. The van der Waals surface area contributed by atoms with E-state index in [0.717, 1.165) is 13.1 Å². The third-order valence-electron chi connectivity index (χ3n) is 8.07. The zero-order chi connectivity index (χ0) is 24.9. The fraction of sp³-hybridized carbons (Fsp3) is 0.200. The van der Waals surface area contributed by atoms with Crippen molar-refractivity contribution in [3.63, 3.8) is 0 Å². The molecule has 2 unspecified atom stereocenters. The molecule has 174 valence electrons. The first kappa shape index (κ1) is 24.1. The molecule has 0 saturated heterocycles. The second-order valence-electron chi connectivity index (χ2n) is 9.84. The molecule has 4 atom stereocenters. The van der Waals surface area contributed by atoms with Gasteiger partial charge in [0.1, 0.15) is 10.6 Å². The summed E-state index contributed by atoms with van der Waals surface area (Å²) >= 11 is 0. The Bertz CT molecular complexity index is 1280. The summed E-state index contributed by atoms with van der Waals surface area (Å²) in [6.07, 6.45) is 0. The number of rotatable bonds is 5. The van der Waals surface area contributed by atoms with E-state index in [1.165, 1.54) is 32.3 Å². The van der Waals surface area contributed by atoms with Crippen molar-refractivity contribution < 1.29 is 0 Å². The third kappa shape index (κ3) is 3.50. The number of hydrogen-bond donors (Lipinski definition) is 0. The number of benzene rings is 4. The molecule has 0 fully saturated rings. The maximum absolute atomic E-state index is 7.51. The van der Waals surface area contributed by atoms with Gasteiger partial charge < -0.3 is 0 Å². The van der Waals surface area contributed by atoms with Crippen molar-refractivity contribution in [3.05, 3.63) is 120 Å². The van der Waals surface area contributed by atoms with Gasteiger partial charge in [0.05, 0.1) is 37.3 Å². The Labute approximate surface area is 219 Å². The Morgan fingerprint density at radius 3 is 1.25 bits per heavy atom. The highest BCUT2D eigenvalue weighted by Gasteiger charge is 2.57. The second-order valence-corrected chi connectivity index (χ2v) is 15.6. The highest BCUT2D eigenvalue weighted by molar-refractivity contribution is 8.07. The lowest BCUT2D eigenvalue weighted by molar-refractivity contribution is 0.309. The molecular formula is C30H30B2N2P2+2. The van der Waals surface area contributed by atoms with Crippen LogP contribution < -0.4 is 21.2 Å². The summed E-state index contributed by atoms with van der Waals surface area (Å²) in [6, 6.07) is 39.4. The molecule has 0 amide bonds. The normalized spacial score (nSPS) is 27.6. The topological polar surface area (TPSA) is 6.48 Å². The zero-order valence-electron chi connectivity index (χ0n) is 20.9. The third-order valence-corrected chi connectivity index (χ3v) is 15.2. The molecule has 0 aromatic heterocycles. The summed E-state index contributed by atoms with van der Waals surface area (Å²) in [6.45, 7) is 6.33. The Kier molecular flexibility index (Phi) is 6.22. The summed E-state index contributed by atoms with van der Waals surface area (Å²) in [5, 5.41) is 5.07. The lowest BCUT2D eigenvalue weighted by Crippen LogP contribution is -2.39. The number of hydrogen-bond acceptors (Lipinski definition) is 2. The van der Waals surface area contributed by atoms with Gasteiger partial charge in [-0.25, -0.2) is 0 Å². The van der Waals surface area contributed by atoms with Gasteiger partial charge in [-0.1, -0.05) is 72.8 Å². The van der Waals surface area contributed by atoms with Crippen molar-refractivity contribution >= 4 is 50.9 Å². The van der Waals surface area contributed by atoms with Crippen LogP contribution in [0.3, 0.4) is 0 Å². The molecule has 2 aliphatic heterocycles. The molecule has 0 bridgehead atoms. The van der Waals surface area contributed by atoms with Crippen LogP contribution in [0.25, 0.3) is 0 Å². The Balaban J connectivity index is 1.40. The van der Waals surface area contributed by atoms with Crippen molar-refractivity contribution in [1.82, 2.24) is 9.34 Å². The molecule has 6 rings (SSSR count). The minimum absolute atomic E-state index is 0.252. The Morgan fingerprint density at radius 1 is 0.528 bits per heavy atom. The van der Waals surface area contributed by atoms with Crippen molar-refractivity contribution in [1.29, 1.82) is 0 Å². The highest BCUT2D eigenvalue weighted by atomic mass is 31.2. The summed E-state index contributed by atoms with van der Waals surface area (Å²) in [5.74, 6) is 0. The van der Waals surface area contributed by atoms with E-state index in [9.17, 15) is 0 Å².